The minimum atomic E-state index is -0.958. The molecule has 5 heteroatoms. The third kappa shape index (κ3) is 2.98. The van der Waals surface area contributed by atoms with Crippen LogP contribution in [-0.4, -0.2) is 22.2 Å². The fraction of sp³-hybridized carbons (Fsp3) is 0.174. The number of hydrogen-bond acceptors (Lipinski definition) is 4. The van der Waals surface area contributed by atoms with E-state index in [-0.39, 0.29) is 16.7 Å². The molecule has 2 N–H and O–H groups in total. The van der Waals surface area contributed by atoms with Gasteiger partial charge in [-0.15, -0.1) is 11.3 Å². The molecule has 0 radical (unpaired) electrons. The number of carbonyl (C=O) groups is 1. The highest BCUT2D eigenvalue weighted by Crippen LogP contribution is 2.46. The van der Waals surface area contributed by atoms with Gasteiger partial charge in [-0.05, 0) is 32.4 Å². The quantitative estimate of drug-likeness (QED) is 0.584. The minimum Gasteiger partial charge on any atom is -0.508 e. The van der Waals surface area contributed by atoms with Crippen LogP contribution in [0.3, 0.4) is 0 Å². The van der Waals surface area contributed by atoms with E-state index in [1.165, 1.54) is 11.3 Å². The molecule has 3 aromatic rings. The highest BCUT2D eigenvalue weighted by atomic mass is 32.1. The predicted octanol–water partition coefficient (Wildman–Crippen LogP) is 5.87. The van der Waals surface area contributed by atoms with Crippen LogP contribution >= 0.6 is 11.3 Å². The number of thiophene rings is 1. The van der Waals surface area contributed by atoms with Gasteiger partial charge in [-0.25, -0.2) is 4.79 Å². The summed E-state index contributed by atoms with van der Waals surface area (Å²) in [5.41, 5.74) is 5.42. The van der Waals surface area contributed by atoms with Crippen LogP contribution in [0.2, 0.25) is 0 Å². The Balaban J connectivity index is 1.82. The zero-order chi connectivity index (χ0) is 20.0. The summed E-state index contributed by atoms with van der Waals surface area (Å²) in [5, 5.41) is 20.3. The first-order valence-electron chi connectivity index (χ1n) is 9.10. The summed E-state index contributed by atoms with van der Waals surface area (Å²) < 4.78 is 0. The van der Waals surface area contributed by atoms with Crippen molar-refractivity contribution in [1.29, 1.82) is 0 Å². The van der Waals surface area contributed by atoms with Crippen molar-refractivity contribution in [2.75, 3.05) is 4.90 Å². The van der Waals surface area contributed by atoms with Crippen molar-refractivity contribution in [3.63, 3.8) is 0 Å². The standard InChI is InChI=1S/C23H21NO3S/c1-13-7-9-16(10-8-13)20-21(25)15(3)24(20)18-12-19(28-22(18)23(26)27)17-6-4-5-14(2)11-17/h4-12,15,25H,1-3H3,(H,26,27). The Hall–Kier alpha value is -3.05. The van der Waals surface area contributed by atoms with Crippen molar-refractivity contribution in [2.24, 2.45) is 0 Å². The summed E-state index contributed by atoms with van der Waals surface area (Å²) in [6.45, 7) is 5.90. The van der Waals surface area contributed by atoms with E-state index in [0.29, 0.717) is 11.4 Å². The molecule has 0 aliphatic carbocycles. The molecule has 1 aliphatic rings. The zero-order valence-electron chi connectivity index (χ0n) is 15.9. The normalized spacial score (nSPS) is 16.2. The minimum absolute atomic E-state index is 0.269. The third-order valence-corrected chi connectivity index (χ3v) is 6.22. The lowest BCUT2D eigenvalue weighted by atomic mass is 9.95. The molecule has 0 fully saturated rings. The number of aliphatic hydroxyl groups is 1. The van der Waals surface area contributed by atoms with E-state index in [9.17, 15) is 15.0 Å². The number of nitrogens with zero attached hydrogens (tertiary/aromatic N) is 1. The van der Waals surface area contributed by atoms with Gasteiger partial charge in [0.15, 0.2) is 0 Å². The van der Waals surface area contributed by atoms with Gasteiger partial charge in [-0.1, -0.05) is 59.7 Å². The number of carboxylic acids is 1. The average Bonchev–Trinajstić information content (AvgIpc) is 3.11. The summed E-state index contributed by atoms with van der Waals surface area (Å²) in [6, 6.07) is 17.6. The second kappa shape index (κ2) is 6.84. The Morgan fingerprint density at radius 3 is 2.36 bits per heavy atom. The molecule has 2 aromatic carbocycles. The number of anilines is 1. The van der Waals surface area contributed by atoms with Crippen LogP contribution < -0.4 is 4.90 Å². The monoisotopic (exact) mass is 391 g/mol. The van der Waals surface area contributed by atoms with Gasteiger partial charge in [0, 0.05) is 10.4 Å². The van der Waals surface area contributed by atoms with Crippen molar-refractivity contribution in [3.8, 4) is 10.4 Å². The summed E-state index contributed by atoms with van der Waals surface area (Å²) in [4.78, 5) is 15.1. The number of rotatable bonds is 4. The van der Waals surface area contributed by atoms with E-state index in [2.05, 4.69) is 6.07 Å². The van der Waals surface area contributed by atoms with Gasteiger partial charge in [0.25, 0.3) is 0 Å². The molecule has 1 aromatic heterocycles. The molecular formula is C23H21NO3S. The van der Waals surface area contributed by atoms with E-state index in [1.807, 2.05) is 74.2 Å². The molecular weight excluding hydrogens is 370 g/mol. The van der Waals surface area contributed by atoms with E-state index in [4.69, 9.17) is 0 Å². The maximum Gasteiger partial charge on any atom is 0.348 e. The molecule has 142 valence electrons. The number of benzene rings is 2. The topological polar surface area (TPSA) is 60.8 Å². The molecule has 0 saturated heterocycles. The summed E-state index contributed by atoms with van der Waals surface area (Å²) in [7, 11) is 0. The van der Waals surface area contributed by atoms with Gasteiger partial charge >= 0.3 is 5.97 Å². The lowest BCUT2D eigenvalue weighted by molar-refractivity contribution is 0.0702. The van der Waals surface area contributed by atoms with Crippen molar-refractivity contribution in [3.05, 3.63) is 81.9 Å². The molecule has 1 unspecified atom stereocenters. The highest BCUT2D eigenvalue weighted by molar-refractivity contribution is 7.18. The Labute approximate surface area is 168 Å². The van der Waals surface area contributed by atoms with Crippen molar-refractivity contribution in [2.45, 2.75) is 26.8 Å². The number of carboxylic acid groups (broad SMARTS) is 1. The van der Waals surface area contributed by atoms with Crippen molar-refractivity contribution in [1.82, 2.24) is 0 Å². The maximum atomic E-state index is 12.0. The highest BCUT2D eigenvalue weighted by Gasteiger charge is 2.39. The van der Waals surface area contributed by atoms with Crippen LogP contribution in [0.15, 0.2) is 60.4 Å². The number of aromatic carboxylic acids is 1. The number of hydrogen-bond donors (Lipinski definition) is 2. The summed E-state index contributed by atoms with van der Waals surface area (Å²) in [5.74, 6) is -0.677. The Morgan fingerprint density at radius 2 is 1.71 bits per heavy atom. The lowest BCUT2D eigenvalue weighted by Crippen LogP contribution is -2.44. The SMILES string of the molecule is Cc1ccc(C2=C(O)C(C)N2c2cc(-c3cccc(C)c3)sc2C(=O)O)cc1. The summed E-state index contributed by atoms with van der Waals surface area (Å²) in [6.07, 6.45) is 0. The Morgan fingerprint density at radius 1 is 1.00 bits per heavy atom. The fourth-order valence-electron chi connectivity index (χ4n) is 3.55. The van der Waals surface area contributed by atoms with Crippen LogP contribution in [0.25, 0.3) is 16.1 Å². The molecule has 4 nitrogen and oxygen atoms in total. The second-order valence-corrected chi connectivity index (χ2v) is 8.20. The molecule has 0 spiro atoms. The van der Waals surface area contributed by atoms with Crippen LogP contribution in [0.1, 0.15) is 33.3 Å². The fourth-order valence-corrected chi connectivity index (χ4v) is 4.54. The average molecular weight is 391 g/mol. The first kappa shape index (κ1) is 18.3. The van der Waals surface area contributed by atoms with E-state index in [1.54, 1.807) is 0 Å². The Bertz CT molecular complexity index is 1100. The van der Waals surface area contributed by atoms with Crippen LogP contribution in [0.4, 0.5) is 5.69 Å². The molecule has 4 rings (SSSR count). The van der Waals surface area contributed by atoms with Crippen LogP contribution in [-0.2, 0) is 0 Å². The van der Waals surface area contributed by atoms with E-state index in [0.717, 1.165) is 27.1 Å². The largest absolute Gasteiger partial charge is 0.508 e. The first-order valence-corrected chi connectivity index (χ1v) is 9.92. The molecule has 2 heterocycles. The second-order valence-electron chi connectivity index (χ2n) is 7.15. The van der Waals surface area contributed by atoms with Gasteiger partial charge in [-0.3, -0.25) is 0 Å². The predicted molar refractivity (Wildman–Crippen MR) is 114 cm³/mol. The maximum absolute atomic E-state index is 12.0. The van der Waals surface area contributed by atoms with E-state index < -0.39 is 5.97 Å². The Kier molecular flexibility index (Phi) is 4.47. The number of aryl methyl sites for hydroxylation is 2. The molecule has 0 amide bonds. The lowest BCUT2D eigenvalue weighted by Gasteiger charge is -2.42. The van der Waals surface area contributed by atoms with Gasteiger partial charge in [-0.2, -0.15) is 0 Å². The van der Waals surface area contributed by atoms with Gasteiger partial charge < -0.3 is 15.1 Å². The molecule has 1 atom stereocenters. The molecule has 0 saturated carbocycles. The van der Waals surface area contributed by atoms with Crippen LogP contribution in [0.5, 0.6) is 0 Å². The third-order valence-electron chi connectivity index (χ3n) is 5.06. The molecule has 1 aliphatic heterocycles. The molecule has 28 heavy (non-hydrogen) atoms. The van der Waals surface area contributed by atoms with Gasteiger partial charge in [0.05, 0.1) is 17.4 Å². The van der Waals surface area contributed by atoms with E-state index >= 15 is 0 Å². The van der Waals surface area contributed by atoms with Gasteiger partial charge in [0.2, 0.25) is 0 Å². The van der Waals surface area contributed by atoms with Gasteiger partial charge in [0.1, 0.15) is 10.6 Å². The van der Waals surface area contributed by atoms with Crippen LogP contribution in [0, 0.1) is 13.8 Å². The smallest absolute Gasteiger partial charge is 0.348 e. The molecule has 0 bridgehead atoms. The summed E-state index contributed by atoms with van der Waals surface area (Å²) >= 11 is 1.26. The number of aliphatic hydroxyl groups excluding tert-OH is 1. The first-order chi connectivity index (χ1) is 13.4. The van der Waals surface area contributed by atoms with Crippen molar-refractivity contribution < 1.29 is 15.0 Å². The van der Waals surface area contributed by atoms with Crippen molar-refractivity contribution >= 4 is 28.7 Å². The zero-order valence-corrected chi connectivity index (χ0v) is 16.7.